The topological polar surface area (TPSA) is 189 Å². The van der Waals surface area contributed by atoms with E-state index < -0.39 is 74.2 Å². The van der Waals surface area contributed by atoms with Crippen LogP contribution in [0.5, 0.6) is 0 Å². The van der Waals surface area contributed by atoms with Crippen LogP contribution in [-0.4, -0.2) is 110 Å². The summed E-state index contributed by atoms with van der Waals surface area (Å²) in [6, 6.07) is -1.19. The van der Waals surface area contributed by atoms with Gasteiger partial charge in [-0.15, -0.1) is 0 Å². The molecule has 11 nitrogen and oxygen atoms in total. The van der Waals surface area contributed by atoms with Crippen molar-refractivity contribution in [2.24, 2.45) is 0 Å². The molecule has 1 aliphatic rings. The van der Waals surface area contributed by atoms with Gasteiger partial charge >= 0.3 is 0 Å². The van der Waals surface area contributed by atoms with Gasteiger partial charge in [-0.3, -0.25) is 4.79 Å². The molecule has 11 heteroatoms. The van der Waals surface area contributed by atoms with E-state index >= 15 is 0 Å². The molecule has 0 spiro atoms. The van der Waals surface area contributed by atoms with Crippen LogP contribution in [0.25, 0.3) is 0 Å². The zero-order valence-electron chi connectivity index (χ0n) is 42.4. The van der Waals surface area contributed by atoms with Gasteiger partial charge in [-0.1, -0.05) is 212 Å². The first-order valence-electron chi connectivity index (χ1n) is 27.7. The van der Waals surface area contributed by atoms with E-state index in [2.05, 4.69) is 43.5 Å². The fraction of sp³-hybridized carbons (Fsp3) is 0.909. The number of nitrogens with one attached hydrogen (secondary N) is 1. The van der Waals surface area contributed by atoms with Gasteiger partial charge in [0.25, 0.3) is 0 Å². The first-order valence-corrected chi connectivity index (χ1v) is 27.7. The fourth-order valence-electron chi connectivity index (χ4n) is 8.91. The number of aliphatic hydroxyl groups excluding tert-OH is 7. The molecule has 0 aromatic carbocycles. The Morgan fingerprint density at radius 3 is 1.30 bits per heavy atom. The molecule has 1 amide bonds. The molecular formula is C55H105NO10. The maximum Gasteiger partial charge on any atom is 0.249 e. The fourth-order valence-corrected chi connectivity index (χ4v) is 8.91. The molecule has 66 heavy (non-hydrogen) atoms. The number of hydrogen-bond donors (Lipinski definition) is 8. The molecule has 0 bridgehead atoms. The van der Waals surface area contributed by atoms with Crippen molar-refractivity contribution >= 4 is 5.91 Å². The van der Waals surface area contributed by atoms with Crippen molar-refractivity contribution in [2.45, 2.75) is 306 Å². The average Bonchev–Trinajstić information content (AvgIpc) is 3.32. The molecule has 1 saturated heterocycles. The van der Waals surface area contributed by atoms with Crippen LogP contribution >= 0.6 is 0 Å². The number of carbonyl (C=O) groups is 1. The van der Waals surface area contributed by atoms with Gasteiger partial charge < -0.3 is 50.5 Å². The first kappa shape index (κ1) is 62.6. The standard InChI is InChI=1S/C55H105NO10/c1-3-5-7-9-11-13-15-17-19-21-23-25-27-29-31-33-35-37-39-41-43-48(59)54(64)56-46(45-65-55-53(63)52(62)51(61)49(44-57)66-55)50(60)47(58)42-40-38-36-34-32-30-28-26-24-22-20-18-16-14-12-10-8-6-4-2/h25,27,34,36,46-53,55,57-63H,3-24,26,28-33,35,37-45H2,1-2H3,(H,56,64)/b27-25-,36-34+. The lowest BCUT2D eigenvalue weighted by atomic mass is 9.98. The molecule has 1 fully saturated rings. The summed E-state index contributed by atoms with van der Waals surface area (Å²) in [4.78, 5) is 13.2. The number of hydrogen-bond acceptors (Lipinski definition) is 10. The van der Waals surface area contributed by atoms with Crippen LogP contribution in [0.4, 0.5) is 0 Å². The summed E-state index contributed by atoms with van der Waals surface area (Å²) in [6.07, 6.45) is 40.8. The van der Waals surface area contributed by atoms with Gasteiger partial charge in [0, 0.05) is 0 Å². The van der Waals surface area contributed by atoms with Crippen LogP contribution in [0, 0.1) is 0 Å². The number of unbranched alkanes of at least 4 members (excludes halogenated alkanes) is 31. The Morgan fingerprint density at radius 2 is 0.894 bits per heavy atom. The van der Waals surface area contributed by atoms with Crippen molar-refractivity contribution < 1.29 is 50.0 Å². The van der Waals surface area contributed by atoms with Crippen LogP contribution < -0.4 is 5.32 Å². The smallest absolute Gasteiger partial charge is 0.249 e. The minimum Gasteiger partial charge on any atom is -0.394 e. The Hall–Kier alpha value is -1.41. The highest BCUT2D eigenvalue weighted by atomic mass is 16.7. The summed E-state index contributed by atoms with van der Waals surface area (Å²) in [7, 11) is 0. The van der Waals surface area contributed by atoms with E-state index in [4.69, 9.17) is 9.47 Å². The van der Waals surface area contributed by atoms with Crippen molar-refractivity contribution in [3.8, 4) is 0 Å². The quantitative estimate of drug-likeness (QED) is 0.0215. The van der Waals surface area contributed by atoms with E-state index in [0.717, 1.165) is 57.8 Å². The molecule has 8 N–H and O–H groups in total. The second-order valence-electron chi connectivity index (χ2n) is 19.6. The van der Waals surface area contributed by atoms with Crippen LogP contribution in [0.1, 0.15) is 251 Å². The Labute approximate surface area is 404 Å². The highest BCUT2D eigenvalue weighted by Crippen LogP contribution is 2.23. The number of rotatable bonds is 47. The number of aliphatic hydroxyl groups is 7. The molecule has 0 aliphatic carbocycles. The summed E-state index contributed by atoms with van der Waals surface area (Å²) in [5.74, 6) is -0.709. The van der Waals surface area contributed by atoms with Gasteiger partial charge in [-0.05, 0) is 64.2 Å². The summed E-state index contributed by atoms with van der Waals surface area (Å²) < 4.78 is 11.1. The van der Waals surface area contributed by atoms with Crippen molar-refractivity contribution in [1.82, 2.24) is 5.32 Å². The van der Waals surface area contributed by atoms with Crippen molar-refractivity contribution in [2.75, 3.05) is 13.2 Å². The molecule has 0 aromatic heterocycles. The highest BCUT2D eigenvalue weighted by Gasteiger charge is 2.44. The maximum absolute atomic E-state index is 13.2. The molecule has 0 saturated carbocycles. The third kappa shape index (κ3) is 33.2. The SMILES string of the molecule is CCCCCCCCCCCC/C=C\CCCCCCCCC(O)C(=O)NC(COC1OC(CO)C(O)C(O)C1O)C(O)C(O)CCC/C=C/CCCCCCCCCCCCCCCC. The molecule has 1 aliphatic heterocycles. The van der Waals surface area contributed by atoms with Crippen molar-refractivity contribution in [1.29, 1.82) is 0 Å². The number of allylic oxidation sites excluding steroid dienone is 4. The maximum atomic E-state index is 13.2. The minimum atomic E-state index is -1.67. The number of amides is 1. The van der Waals surface area contributed by atoms with E-state index in [-0.39, 0.29) is 12.8 Å². The Bertz CT molecular complexity index is 1120. The van der Waals surface area contributed by atoms with Crippen LogP contribution in [0.2, 0.25) is 0 Å². The van der Waals surface area contributed by atoms with E-state index in [1.165, 1.54) is 154 Å². The summed E-state index contributed by atoms with van der Waals surface area (Å²) >= 11 is 0. The second-order valence-corrected chi connectivity index (χ2v) is 19.6. The number of ether oxygens (including phenoxy) is 2. The third-order valence-corrected chi connectivity index (χ3v) is 13.5. The first-order chi connectivity index (χ1) is 32.2. The Morgan fingerprint density at radius 1 is 0.515 bits per heavy atom. The van der Waals surface area contributed by atoms with Crippen LogP contribution in [0.15, 0.2) is 24.3 Å². The van der Waals surface area contributed by atoms with Gasteiger partial charge in [0.15, 0.2) is 6.29 Å². The largest absolute Gasteiger partial charge is 0.394 e. The Kier molecular flexibility index (Phi) is 42.5. The highest BCUT2D eigenvalue weighted by molar-refractivity contribution is 5.80. The lowest BCUT2D eigenvalue weighted by molar-refractivity contribution is -0.303. The lowest BCUT2D eigenvalue weighted by Gasteiger charge is -2.40. The van der Waals surface area contributed by atoms with E-state index in [9.17, 15) is 40.5 Å². The third-order valence-electron chi connectivity index (χ3n) is 13.5. The summed E-state index contributed by atoms with van der Waals surface area (Å²) in [6.45, 7) is 3.46. The van der Waals surface area contributed by atoms with Gasteiger partial charge in [0.2, 0.25) is 5.91 Å². The van der Waals surface area contributed by atoms with Gasteiger partial charge in [0.1, 0.15) is 36.6 Å². The zero-order valence-corrected chi connectivity index (χ0v) is 42.4. The Balaban J connectivity index is 2.37. The van der Waals surface area contributed by atoms with Gasteiger partial charge in [0.05, 0.1) is 25.4 Å². The lowest BCUT2D eigenvalue weighted by Crippen LogP contribution is -2.60. The predicted octanol–water partition coefficient (Wildman–Crippen LogP) is 11.0. The summed E-state index contributed by atoms with van der Waals surface area (Å²) in [5, 5.41) is 76.0. The second kappa shape index (κ2) is 44.8. The molecule has 0 radical (unpaired) electrons. The van der Waals surface area contributed by atoms with Crippen molar-refractivity contribution in [3.63, 3.8) is 0 Å². The molecule has 1 rings (SSSR count). The zero-order chi connectivity index (χ0) is 48.3. The normalized spacial score (nSPS) is 20.9. The van der Waals surface area contributed by atoms with E-state index in [1.54, 1.807) is 0 Å². The van der Waals surface area contributed by atoms with Gasteiger partial charge in [-0.2, -0.15) is 0 Å². The minimum absolute atomic E-state index is 0.248. The molecule has 1 heterocycles. The van der Waals surface area contributed by atoms with Crippen molar-refractivity contribution in [3.05, 3.63) is 24.3 Å². The van der Waals surface area contributed by atoms with Crippen LogP contribution in [0.3, 0.4) is 0 Å². The molecule has 0 aromatic rings. The average molecular weight is 940 g/mol. The van der Waals surface area contributed by atoms with Gasteiger partial charge in [-0.25, -0.2) is 0 Å². The molecule has 9 atom stereocenters. The number of carbonyl (C=O) groups excluding carboxylic acids is 1. The monoisotopic (exact) mass is 940 g/mol. The van der Waals surface area contributed by atoms with Crippen LogP contribution in [-0.2, 0) is 14.3 Å². The molecule has 9 unspecified atom stereocenters. The predicted molar refractivity (Wildman–Crippen MR) is 270 cm³/mol. The van der Waals surface area contributed by atoms with E-state index in [1.807, 2.05) is 0 Å². The molecular weight excluding hydrogens is 835 g/mol. The van der Waals surface area contributed by atoms with E-state index in [0.29, 0.717) is 12.8 Å². The molecule has 390 valence electrons. The summed E-state index contributed by atoms with van der Waals surface area (Å²) in [5.41, 5.74) is 0.